The second kappa shape index (κ2) is 4.45. The minimum Gasteiger partial charge on any atom is -0.480 e. The topological polar surface area (TPSA) is 69.6 Å². The summed E-state index contributed by atoms with van der Waals surface area (Å²) >= 11 is 0. The van der Waals surface area contributed by atoms with E-state index in [0.717, 1.165) is 12.0 Å². The van der Waals surface area contributed by atoms with E-state index < -0.39 is 5.97 Å². The van der Waals surface area contributed by atoms with Gasteiger partial charge in [0.05, 0.1) is 5.56 Å². The highest BCUT2D eigenvalue weighted by atomic mass is 16.4. The third kappa shape index (κ3) is 2.22. The molecule has 0 fully saturated rings. The van der Waals surface area contributed by atoms with Crippen molar-refractivity contribution in [3.63, 3.8) is 0 Å². The molecule has 1 heterocycles. The lowest BCUT2D eigenvalue weighted by Gasteiger charge is -2.26. The molecule has 0 radical (unpaired) electrons. The van der Waals surface area contributed by atoms with E-state index in [0.29, 0.717) is 17.8 Å². The zero-order chi connectivity index (χ0) is 12.4. The summed E-state index contributed by atoms with van der Waals surface area (Å²) in [5.41, 5.74) is 2.17. The van der Waals surface area contributed by atoms with E-state index in [9.17, 15) is 9.59 Å². The Bertz CT molecular complexity index is 471. The first kappa shape index (κ1) is 11.4. The van der Waals surface area contributed by atoms with Crippen LogP contribution in [0, 0.1) is 0 Å². The number of likely N-dealkylation sites (N-methyl/N-ethyl adjacent to an activating group) is 1. The first-order valence-electron chi connectivity index (χ1n) is 5.42. The van der Waals surface area contributed by atoms with Crippen LogP contribution in [0.4, 0.5) is 5.69 Å². The minimum absolute atomic E-state index is 0.0558. The van der Waals surface area contributed by atoms with Gasteiger partial charge in [-0.15, -0.1) is 0 Å². The lowest BCUT2D eigenvalue weighted by Crippen LogP contribution is -2.35. The van der Waals surface area contributed by atoms with Gasteiger partial charge in [0.1, 0.15) is 6.54 Å². The van der Waals surface area contributed by atoms with E-state index in [2.05, 4.69) is 5.32 Å². The van der Waals surface area contributed by atoms with Crippen molar-refractivity contribution in [2.24, 2.45) is 0 Å². The molecule has 5 heteroatoms. The highest BCUT2D eigenvalue weighted by Gasteiger charge is 2.24. The second-order valence-electron chi connectivity index (χ2n) is 4.06. The fraction of sp³-hybridized carbons (Fsp3) is 0.333. The fourth-order valence-electron chi connectivity index (χ4n) is 1.96. The molecule has 0 saturated heterocycles. The summed E-state index contributed by atoms with van der Waals surface area (Å²) in [4.78, 5) is 24.2. The Labute approximate surface area is 99.0 Å². The van der Waals surface area contributed by atoms with Crippen LogP contribution in [0.2, 0.25) is 0 Å². The number of aliphatic carboxylic acids is 1. The number of amides is 1. The summed E-state index contributed by atoms with van der Waals surface area (Å²) in [5.74, 6) is -1.00. The van der Waals surface area contributed by atoms with Crippen molar-refractivity contribution >= 4 is 17.6 Å². The third-order valence-electron chi connectivity index (χ3n) is 2.86. The van der Waals surface area contributed by atoms with Gasteiger partial charge in [-0.1, -0.05) is 12.1 Å². The standard InChI is InChI=1S/C12H14N2O3/c1-14-6-5-8-3-2-4-9(11(8)12(14)17)13-7-10(15)16/h2-4,13H,5-7H2,1H3,(H,15,16). The molecule has 2 rings (SSSR count). The fourth-order valence-corrected chi connectivity index (χ4v) is 1.96. The molecule has 1 aliphatic rings. The van der Waals surface area contributed by atoms with E-state index >= 15 is 0 Å². The number of carboxylic acids is 1. The maximum atomic E-state index is 12.0. The normalized spacial score (nSPS) is 14.4. The van der Waals surface area contributed by atoms with Crippen molar-refractivity contribution in [2.45, 2.75) is 6.42 Å². The van der Waals surface area contributed by atoms with Crippen molar-refractivity contribution in [3.05, 3.63) is 29.3 Å². The monoisotopic (exact) mass is 234 g/mol. The summed E-state index contributed by atoms with van der Waals surface area (Å²) < 4.78 is 0. The number of rotatable bonds is 3. The molecule has 0 bridgehead atoms. The van der Waals surface area contributed by atoms with Gasteiger partial charge in [0.2, 0.25) is 0 Å². The molecule has 1 aromatic rings. The Balaban J connectivity index is 2.34. The molecule has 17 heavy (non-hydrogen) atoms. The predicted octanol–water partition coefficient (Wildman–Crippen LogP) is 0.811. The second-order valence-corrected chi connectivity index (χ2v) is 4.06. The third-order valence-corrected chi connectivity index (χ3v) is 2.86. The molecule has 1 amide bonds. The number of carbonyl (C=O) groups excluding carboxylic acids is 1. The molecule has 0 aromatic heterocycles. The van der Waals surface area contributed by atoms with Crippen molar-refractivity contribution in [1.29, 1.82) is 0 Å². The summed E-state index contributed by atoms with van der Waals surface area (Å²) in [6.45, 7) is 0.516. The van der Waals surface area contributed by atoms with E-state index in [1.165, 1.54) is 0 Å². The number of carbonyl (C=O) groups is 2. The Hall–Kier alpha value is -2.04. The highest BCUT2D eigenvalue weighted by Crippen LogP contribution is 2.25. The van der Waals surface area contributed by atoms with Gasteiger partial charge < -0.3 is 15.3 Å². The van der Waals surface area contributed by atoms with Gasteiger partial charge in [0, 0.05) is 19.3 Å². The van der Waals surface area contributed by atoms with Crippen molar-refractivity contribution in [2.75, 3.05) is 25.5 Å². The Morgan fingerprint density at radius 1 is 1.53 bits per heavy atom. The molecule has 2 N–H and O–H groups in total. The van der Waals surface area contributed by atoms with Crippen LogP contribution in [-0.2, 0) is 11.2 Å². The van der Waals surface area contributed by atoms with Crippen molar-refractivity contribution in [1.82, 2.24) is 4.90 Å². The first-order chi connectivity index (χ1) is 8.09. The molecule has 0 unspecified atom stereocenters. The van der Waals surface area contributed by atoms with Crippen LogP contribution >= 0.6 is 0 Å². The van der Waals surface area contributed by atoms with Crippen LogP contribution < -0.4 is 5.32 Å². The van der Waals surface area contributed by atoms with Crippen LogP contribution in [0.1, 0.15) is 15.9 Å². The van der Waals surface area contributed by atoms with Crippen LogP contribution in [0.5, 0.6) is 0 Å². The van der Waals surface area contributed by atoms with Gasteiger partial charge in [-0.2, -0.15) is 0 Å². The molecule has 0 saturated carbocycles. The lowest BCUT2D eigenvalue weighted by atomic mass is 9.97. The van der Waals surface area contributed by atoms with E-state index in [1.54, 1.807) is 18.0 Å². The van der Waals surface area contributed by atoms with Crippen LogP contribution in [-0.4, -0.2) is 42.0 Å². The number of nitrogens with zero attached hydrogens (tertiary/aromatic N) is 1. The van der Waals surface area contributed by atoms with Gasteiger partial charge in [0.15, 0.2) is 0 Å². The quantitative estimate of drug-likeness (QED) is 0.812. The maximum Gasteiger partial charge on any atom is 0.322 e. The molecule has 1 aliphatic heterocycles. The van der Waals surface area contributed by atoms with E-state index in [-0.39, 0.29) is 12.5 Å². The minimum atomic E-state index is -0.945. The van der Waals surface area contributed by atoms with E-state index in [4.69, 9.17) is 5.11 Å². The number of anilines is 1. The smallest absolute Gasteiger partial charge is 0.322 e. The average molecular weight is 234 g/mol. The number of benzene rings is 1. The van der Waals surface area contributed by atoms with Crippen molar-refractivity contribution < 1.29 is 14.7 Å². The average Bonchev–Trinajstić information content (AvgIpc) is 2.31. The number of hydrogen-bond donors (Lipinski definition) is 2. The number of hydrogen-bond acceptors (Lipinski definition) is 3. The molecule has 0 aliphatic carbocycles. The molecular formula is C12H14N2O3. The molecule has 1 aromatic carbocycles. The predicted molar refractivity (Wildman–Crippen MR) is 63.2 cm³/mol. The van der Waals surface area contributed by atoms with Gasteiger partial charge in [0.25, 0.3) is 5.91 Å². The van der Waals surface area contributed by atoms with Crippen LogP contribution in [0.3, 0.4) is 0 Å². The number of carboxylic acid groups (broad SMARTS) is 1. The lowest BCUT2D eigenvalue weighted by molar-refractivity contribution is -0.134. The number of fused-ring (bicyclic) bond motifs is 1. The Kier molecular flexibility index (Phi) is 2.99. The van der Waals surface area contributed by atoms with Crippen molar-refractivity contribution in [3.8, 4) is 0 Å². The molecule has 5 nitrogen and oxygen atoms in total. The summed E-state index contributed by atoms with van der Waals surface area (Å²) in [7, 11) is 1.75. The Morgan fingerprint density at radius 2 is 2.29 bits per heavy atom. The van der Waals surface area contributed by atoms with Gasteiger partial charge in [-0.25, -0.2) is 0 Å². The summed E-state index contributed by atoms with van der Waals surface area (Å²) in [6, 6.07) is 5.48. The summed E-state index contributed by atoms with van der Waals surface area (Å²) in [5, 5.41) is 11.4. The largest absolute Gasteiger partial charge is 0.480 e. The maximum absolute atomic E-state index is 12.0. The van der Waals surface area contributed by atoms with Gasteiger partial charge in [-0.3, -0.25) is 9.59 Å². The number of nitrogens with one attached hydrogen (secondary N) is 1. The van der Waals surface area contributed by atoms with Crippen LogP contribution in [0.15, 0.2) is 18.2 Å². The summed E-state index contributed by atoms with van der Waals surface area (Å²) in [6.07, 6.45) is 0.806. The van der Waals surface area contributed by atoms with Crippen LogP contribution in [0.25, 0.3) is 0 Å². The molecule has 0 atom stereocenters. The molecule has 90 valence electrons. The SMILES string of the molecule is CN1CCc2cccc(NCC(=O)O)c2C1=O. The zero-order valence-corrected chi connectivity index (χ0v) is 9.56. The molecular weight excluding hydrogens is 220 g/mol. The highest BCUT2D eigenvalue weighted by molar-refractivity contribution is 6.02. The van der Waals surface area contributed by atoms with E-state index in [1.807, 2.05) is 12.1 Å². The first-order valence-corrected chi connectivity index (χ1v) is 5.42. The zero-order valence-electron chi connectivity index (χ0n) is 9.56. The van der Waals surface area contributed by atoms with Gasteiger partial charge in [-0.05, 0) is 18.1 Å². The van der Waals surface area contributed by atoms with Gasteiger partial charge >= 0.3 is 5.97 Å². The molecule has 0 spiro atoms. The Morgan fingerprint density at radius 3 is 3.00 bits per heavy atom.